The Morgan fingerprint density at radius 2 is 1.86 bits per heavy atom. The summed E-state index contributed by atoms with van der Waals surface area (Å²) in [5.41, 5.74) is 1.28. The van der Waals surface area contributed by atoms with E-state index in [-0.39, 0.29) is 28.4 Å². The minimum Gasteiger partial charge on any atom is -0.349 e. The Morgan fingerprint density at radius 3 is 2.52 bits per heavy atom. The first-order chi connectivity index (χ1) is 13.8. The molecular weight excluding hydrogens is 433 g/mol. The van der Waals surface area contributed by atoms with E-state index >= 15 is 0 Å². The van der Waals surface area contributed by atoms with Crippen LogP contribution in [-0.2, 0) is 16.6 Å². The maximum Gasteiger partial charge on any atom is 0.251 e. The summed E-state index contributed by atoms with van der Waals surface area (Å²) in [5.74, 6) is 0.259. The van der Waals surface area contributed by atoms with Crippen molar-refractivity contribution in [3.8, 4) is 0 Å². The maximum atomic E-state index is 12.5. The molecule has 6 nitrogen and oxygen atoms in total. The van der Waals surface area contributed by atoms with Gasteiger partial charge in [-0.1, -0.05) is 42.3 Å². The molecule has 156 valence electrons. The molecule has 2 unspecified atom stereocenters. The molecule has 2 atom stereocenters. The standard InChI is InChI=1S/C20H23Cl2N3O3S/c1-13-11-23-9-8-19(13)25-20(26)15-4-2-14(3-5-15)12-24-29(27,28)16-6-7-17(21)18(22)10-16/h2-7,10,13,19,23-24H,8-9,11-12H2,1H3,(H,25,26). The molecule has 1 amide bonds. The second-order valence-electron chi connectivity index (χ2n) is 7.15. The number of rotatable bonds is 6. The third-order valence-corrected chi connectivity index (χ3v) is 7.12. The number of hydrogen-bond acceptors (Lipinski definition) is 4. The van der Waals surface area contributed by atoms with Gasteiger partial charge >= 0.3 is 0 Å². The highest BCUT2D eigenvalue weighted by molar-refractivity contribution is 7.89. The zero-order chi connectivity index (χ0) is 21.0. The van der Waals surface area contributed by atoms with Gasteiger partial charge in [-0.05, 0) is 61.3 Å². The van der Waals surface area contributed by atoms with Crippen LogP contribution in [0.5, 0.6) is 0 Å². The quantitative estimate of drug-likeness (QED) is 0.623. The van der Waals surface area contributed by atoms with Crippen LogP contribution in [0, 0.1) is 5.92 Å². The van der Waals surface area contributed by atoms with E-state index in [1.165, 1.54) is 18.2 Å². The smallest absolute Gasteiger partial charge is 0.251 e. The van der Waals surface area contributed by atoms with E-state index < -0.39 is 10.0 Å². The third kappa shape index (κ3) is 5.71. The number of carbonyl (C=O) groups excluding carboxylic acids is 1. The molecule has 3 rings (SSSR count). The SMILES string of the molecule is CC1CNCCC1NC(=O)c1ccc(CNS(=O)(=O)c2ccc(Cl)c(Cl)c2)cc1. The van der Waals surface area contributed by atoms with Crippen molar-refractivity contribution >= 4 is 39.1 Å². The molecule has 1 aliphatic rings. The van der Waals surface area contributed by atoms with Crippen molar-refractivity contribution in [3.05, 3.63) is 63.6 Å². The van der Waals surface area contributed by atoms with Crippen molar-refractivity contribution in [3.63, 3.8) is 0 Å². The largest absolute Gasteiger partial charge is 0.349 e. The first-order valence-corrected chi connectivity index (χ1v) is 11.6. The Morgan fingerprint density at radius 1 is 1.14 bits per heavy atom. The van der Waals surface area contributed by atoms with Gasteiger partial charge in [-0.2, -0.15) is 0 Å². The van der Waals surface area contributed by atoms with E-state index in [9.17, 15) is 13.2 Å². The molecule has 1 aliphatic heterocycles. The number of hydrogen-bond donors (Lipinski definition) is 3. The van der Waals surface area contributed by atoms with Crippen LogP contribution in [0.15, 0.2) is 47.4 Å². The zero-order valence-corrected chi connectivity index (χ0v) is 18.2. The Bertz CT molecular complexity index is 981. The summed E-state index contributed by atoms with van der Waals surface area (Å²) in [7, 11) is -3.73. The Labute approximate surface area is 181 Å². The molecular formula is C20H23Cl2N3O3S. The van der Waals surface area contributed by atoms with Gasteiger partial charge in [0.15, 0.2) is 0 Å². The predicted molar refractivity (Wildman–Crippen MR) is 115 cm³/mol. The van der Waals surface area contributed by atoms with Crippen molar-refractivity contribution < 1.29 is 13.2 Å². The van der Waals surface area contributed by atoms with Gasteiger partial charge in [0.2, 0.25) is 10.0 Å². The van der Waals surface area contributed by atoms with Crippen LogP contribution in [0.4, 0.5) is 0 Å². The monoisotopic (exact) mass is 455 g/mol. The predicted octanol–water partition coefficient (Wildman–Crippen LogP) is 3.20. The number of piperidine rings is 1. The van der Waals surface area contributed by atoms with Crippen LogP contribution in [0.1, 0.15) is 29.3 Å². The summed E-state index contributed by atoms with van der Waals surface area (Å²) in [6.45, 7) is 3.99. The number of benzene rings is 2. The summed E-state index contributed by atoms with van der Waals surface area (Å²) in [6, 6.07) is 11.2. The summed E-state index contributed by atoms with van der Waals surface area (Å²) in [4.78, 5) is 12.5. The van der Waals surface area contributed by atoms with Gasteiger partial charge < -0.3 is 10.6 Å². The fourth-order valence-corrected chi connectivity index (χ4v) is 4.57. The van der Waals surface area contributed by atoms with E-state index in [1.807, 2.05) is 0 Å². The molecule has 1 heterocycles. The second-order valence-corrected chi connectivity index (χ2v) is 9.73. The second kappa shape index (κ2) is 9.45. The molecule has 9 heteroatoms. The van der Waals surface area contributed by atoms with Gasteiger partial charge in [0, 0.05) is 18.2 Å². The molecule has 0 saturated carbocycles. The van der Waals surface area contributed by atoms with Crippen LogP contribution in [0.2, 0.25) is 10.0 Å². The van der Waals surface area contributed by atoms with Crippen molar-refractivity contribution in [2.45, 2.75) is 30.8 Å². The number of halogens is 2. The molecule has 1 saturated heterocycles. The fourth-order valence-electron chi connectivity index (χ4n) is 3.16. The summed E-state index contributed by atoms with van der Waals surface area (Å²) in [6.07, 6.45) is 0.904. The third-order valence-electron chi connectivity index (χ3n) is 4.99. The fraction of sp³-hybridized carbons (Fsp3) is 0.350. The molecule has 0 aromatic heterocycles. The summed E-state index contributed by atoms with van der Waals surface area (Å²) in [5, 5.41) is 6.85. The highest BCUT2D eigenvalue weighted by Gasteiger charge is 2.23. The Balaban J connectivity index is 1.60. The highest BCUT2D eigenvalue weighted by Crippen LogP contribution is 2.24. The molecule has 0 bridgehead atoms. The maximum absolute atomic E-state index is 12.5. The van der Waals surface area contributed by atoms with E-state index in [1.54, 1.807) is 24.3 Å². The average Bonchev–Trinajstić information content (AvgIpc) is 2.70. The van der Waals surface area contributed by atoms with Gasteiger partial charge in [0.05, 0.1) is 14.9 Å². The lowest BCUT2D eigenvalue weighted by molar-refractivity contribution is 0.0914. The van der Waals surface area contributed by atoms with Crippen LogP contribution in [0.3, 0.4) is 0 Å². The lowest BCUT2D eigenvalue weighted by Crippen LogP contribution is -2.48. The molecule has 2 aromatic rings. The van der Waals surface area contributed by atoms with Gasteiger partial charge in [0.1, 0.15) is 0 Å². The molecule has 0 aliphatic carbocycles. The van der Waals surface area contributed by atoms with Gasteiger partial charge in [-0.15, -0.1) is 0 Å². The molecule has 0 radical (unpaired) electrons. The molecule has 29 heavy (non-hydrogen) atoms. The number of sulfonamides is 1. The minimum atomic E-state index is -3.73. The van der Waals surface area contributed by atoms with E-state index in [4.69, 9.17) is 23.2 Å². The molecule has 2 aromatic carbocycles. The van der Waals surface area contributed by atoms with Crippen molar-refractivity contribution in [2.75, 3.05) is 13.1 Å². The summed E-state index contributed by atoms with van der Waals surface area (Å²) >= 11 is 11.7. The molecule has 1 fully saturated rings. The van der Waals surface area contributed by atoms with Crippen molar-refractivity contribution in [2.24, 2.45) is 5.92 Å². The first-order valence-electron chi connectivity index (χ1n) is 9.31. The first kappa shape index (κ1) is 22.1. The van der Waals surface area contributed by atoms with Crippen LogP contribution in [0.25, 0.3) is 0 Å². The topological polar surface area (TPSA) is 87.3 Å². The van der Waals surface area contributed by atoms with Crippen molar-refractivity contribution in [1.29, 1.82) is 0 Å². The number of nitrogens with one attached hydrogen (secondary N) is 3. The van der Waals surface area contributed by atoms with Crippen LogP contribution >= 0.6 is 23.2 Å². The van der Waals surface area contributed by atoms with E-state index in [0.29, 0.717) is 16.5 Å². The number of carbonyl (C=O) groups is 1. The minimum absolute atomic E-state index is 0.0407. The van der Waals surface area contributed by atoms with Crippen LogP contribution < -0.4 is 15.4 Å². The number of amides is 1. The normalized spacial score (nSPS) is 19.7. The average molecular weight is 456 g/mol. The van der Waals surface area contributed by atoms with E-state index in [0.717, 1.165) is 25.1 Å². The van der Waals surface area contributed by atoms with Gasteiger partial charge in [-0.3, -0.25) is 4.79 Å². The van der Waals surface area contributed by atoms with E-state index in [2.05, 4.69) is 22.3 Å². The Kier molecular flexibility index (Phi) is 7.19. The Hall–Kier alpha value is -1.64. The summed E-state index contributed by atoms with van der Waals surface area (Å²) < 4.78 is 27.3. The van der Waals surface area contributed by atoms with Crippen molar-refractivity contribution in [1.82, 2.24) is 15.4 Å². The lowest BCUT2D eigenvalue weighted by Gasteiger charge is -2.30. The zero-order valence-electron chi connectivity index (χ0n) is 15.9. The van der Waals surface area contributed by atoms with Gasteiger partial charge in [-0.25, -0.2) is 13.1 Å². The highest BCUT2D eigenvalue weighted by atomic mass is 35.5. The van der Waals surface area contributed by atoms with Crippen LogP contribution in [-0.4, -0.2) is 33.5 Å². The molecule has 3 N–H and O–H groups in total. The molecule has 0 spiro atoms. The van der Waals surface area contributed by atoms with Gasteiger partial charge in [0.25, 0.3) is 5.91 Å². The lowest BCUT2D eigenvalue weighted by atomic mass is 9.95.